The molecular formula is C22H19N5O3S. The molecule has 2 aromatic heterocycles. The number of hydrogen-bond acceptors (Lipinski definition) is 7. The monoisotopic (exact) mass is 433 g/mol. The standard InChI is InChI=1S/C22H19N5O3S/c1-15(20(28)26-22-25-19(12-31-22)17-5-3-2-4-6-17)30-21(29)18-9-7-16(8-10-18)11-27-14-23-13-24-27/h2-10,12-15H,11H2,1H3,(H,25,26,28). The van der Waals surface area contributed by atoms with Crippen LogP contribution in [0, 0.1) is 0 Å². The van der Waals surface area contributed by atoms with Crippen molar-refractivity contribution < 1.29 is 14.3 Å². The Hall–Kier alpha value is -3.85. The molecule has 0 spiro atoms. The highest BCUT2D eigenvalue weighted by Crippen LogP contribution is 2.24. The fourth-order valence-corrected chi connectivity index (χ4v) is 3.53. The normalized spacial score (nSPS) is 11.6. The van der Waals surface area contributed by atoms with Crippen molar-refractivity contribution in [3.8, 4) is 11.3 Å². The summed E-state index contributed by atoms with van der Waals surface area (Å²) in [4.78, 5) is 33.1. The van der Waals surface area contributed by atoms with E-state index in [1.807, 2.05) is 47.8 Å². The van der Waals surface area contributed by atoms with Crippen LogP contribution in [0.2, 0.25) is 0 Å². The molecule has 4 aromatic rings. The Morgan fingerprint density at radius 2 is 1.90 bits per heavy atom. The zero-order chi connectivity index (χ0) is 21.6. The summed E-state index contributed by atoms with van der Waals surface area (Å²) in [5.41, 5.74) is 3.07. The first kappa shape index (κ1) is 20.4. The smallest absolute Gasteiger partial charge is 0.338 e. The maximum atomic E-state index is 12.4. The predicted octanol–water partition coefficient (Wildman–Crippen LogP) is 3.63. The second-order valence-corrected chi connectivity index (χ2v) is 7.59. The zero-order valence-corrected chi connectivity index (χ0v) is 17.5. The van der Waals surface area contributed by atoms with Crippen LogP contribution in [0.3, 0.4) is 0 Å². The fourth-order valence-electron chi connectivity index (χ4n) is 2.81. The fraction of sp³-hybridized carbons (Fsp3) is 0.136. The summed E-state index contributed by atoms with van der Waals surface area (Å²) >= 11 is 1.31. The van der Waals surface area contributed by atoms with Gasteiger partial charge in [-0.05, 0) is 24.6 Å². The molecule has 2 aromatic carbocycles. The van der Waals surface area contributed by atoms with Crippen LogP contribution in [0.1, 0.15) is 22.8 Å². The minimum absolute atomic E-state index is 0.364. The third kappa shape index (κ3) is 5.20. The molecule has 0 aliphatic heterocycles. The minimum atomic E-state index is -0.966. The summed E-state index contributed by atoms with van der Waals surface area (Å²) in [6.07, 6.45) is 2.12. The minimum Gasteiger partial charge on any atom is -0.449 e. The molecule has 0 aliphatic carbocycles. The van der Waals surface area contributed by atoms with E-state index in [0.717, 1.165) is 16.8 Å². The van der Waals surface area contributed by atoms with Gasteiger partial charge in [0.1, 0.15) is 12.7 Å². The van der Waals surface area contributed by atoms with Gasteiger partial charge in [-0.1, -0.05) is 42.5 Å². The van der Waals surface area contributed by atoms with E-state index in [1.54, 1.807) is 23.1 Å². The number of anilines is 1. The van der Waals surface area contributed by atoms with E-state index in [2.05, 4.69) is 20.4 Å². The summed E-state index contributed by atoms with van der Waals surface area (Å²) < 4.78 is 6.99. The van der Waals surface area contributed by atoms with Gasteiger partial charge in [0, 0.05) is 10.9 Å². The highest BCUT2D eigenvalue weighted by Gasteiger charge is 2.20. The van der Waals surface area contributed by atoms with E-state index < -0.39 is 18.0 Å². The molecule has 31 heavy (non-hydrogen) atoms. The van der Waals surface area contributed by atoms with Gasteiger partial charge in [0.25, 0.3) is 5.91 Å². The average molecular weight is 433 g/mol. The summed E-state index contributed by atoms with van der Waals surface area (Å²) in [5.74, 6) is -1.01. The SMILES string of the molecule is CC(OC(=O)c1ccc(Cn2cncn2)cc1)C(=O)Nc1nc(-c2ccccc2)cs1. The number of esters is 1. The van der Waals surface area contributed by atoms with Crippen molar-refractivity contribution in [3.05, 3.63) is 83.8 Å². The van der Waals surface area contributed by atoms with E-state index in [4.69, 9.17) is 4.74 Å². The Morgan fingerprint density at radius 3 is 2.61 bits per heavy atom. The molecule has 9 heteroatoms. The largest absolute Gasteiger partial charge is 0.449 e. The molecule has 0 saturated heterocycles. The van der Waals surface area contributed by atoms with Crippen LogP contribution >= 0.6 is 11.3 Å². The average Bonchev–Trinajstić information content (AvgIpc) is 3.47. The van der Waals surface area contributed by atoms with Gasteiger partial charge < -0.3 is 4.74 Å². The molecule has 4 rings (SSSR count). The van der Waals surface area contributed by atoms with Gasteiger partial charge in [-0.15, -0.1) is 11.3 Å². The molecule has 2 heterocycles. The van der Waals surface area contributed by atoms with Crippen LogP contribution in [-0.2, 0) is 16.1 Å². The van der Waals surface area contributed by atoms with E-state index in [0.29, 0.717) is 17.2 Å². The summed E-state index contributed by atoms with van der Waals surface area (Å²) in [7, 11) is 0. The topological polar surface area (TPSA) is 99.0 Å². The molecule has 0 aliphatic rings. The first-order chi connectivity index (χ1) is 15.1. The number of hydrogen-bond donors (Lipinski definition) is 1. The summed E-state index contributed by atoms with van der Waals surface area (Å²) in [6, 6.07) is 16.6. The lowest BCUT2D eigenvalue weighted by Gasteiger charge is -2.12. The number of carbonyl (C=O) groups is 2. The highest BCUT2D eigenvalue weighted by molar-refractivity contribution is 7.14. The summed E-state index contributed by atoms with van der Waals surface area (Å²) in [5, 5.41) is 9.06. The zero-order valence-electron chi connectivity index (χ0n) is 16.6. The van der Waals surface area contributed by atoms with Gasteiger partial charge in [0.15, 0.2) is 11.2 Å². The van der Waals surface area contributed by atoms with Crippen molar-refractivity contribution in [2.24, 2.45) is 0 Å². The molecule has 0 radical (unpaired) electrons. The number of carbonyl (C=O) groups excluding carboxylic acids is 2. The van der Waals surface area contributed by atoms with Crippen LogP contribution in [0.15, 0.2) is 72.6 Å². The number of rotatable bonds is 7. The van der Waals surface area contributed by atoms with E-state index in [9.17, 15) is 9.59 Å². The number of benzene rings is 2. The Bertz CT molecular complexity index is 1160. The van der Waals surface area contributed by atoms with Gasteiger partial charge in [0.2, 0.25) is 0 Å². The number of ether oxygens (including phenoxy) is 1. The number of thiazole rings is 1. The van der Waals surface area contributed by atoms with Gasteiger partial charge in [0.05, 0.1) is 17.8 Å². The van der Waals surface area contributed by atoms with E-state index >= 15 is 0 Å². The van der Waals surface area contributed by atoms with Gasteiger partial charge in [-0.2, -0.15) is 5.10 Å². The lowest BCUT2D eigenvalue weighted by Crippen LogP contribution is -2.30. The molecule has 1 atom stereocenters. The second kappa shape index (κ2) is 9.31. The molecule has 1 amide bonds. The number of aromatic nitrogens is 4. The maximum absolute atomic E-state index is 12.4. The van der Waals surface area contributed by atoms with Gasteiger partial charge in [-0.3, -0.25) is 10.1 Å². The number of nitrogens with one attached hydrogen (secondary N) is 1. The van der Waals surface area contributed by atoms with E-state index in [-0.39, 0.29) is 0 Å². The van der Waals surface area contributed by atoms with Crippen molar-refractivity contribution in [2.45, 2.75) is 19.6 Å². The third-order valence-electron chi connectivity index (χ3n) is 4.46. The van der Waals surface area contributed by atoms with E-state index in [1.165, 1.54) is 24.6 Å². The van der Waals surface area contributed by atoms with Crippen molar-refractivity contribution in [1.29, 1.82) is 0 Å². The molecule has 1 N–H and O–H groups in total. The Kier molecular flexibility index (Phi) is 6.13. The lowest BCUT2D eigenvalue weighted by molar-refractivity contribution is -0.123. The Morgan fingerprint density at radius 1 is 1.13 bits per heavy atom. The lowest BCUT2D eigenvalue weighted by atomic mass is 10.1. The van der Waals surface area contributed by atoms with Crippen molar-refractivity contribution in [3.63, 3.8) is 0 Å². The van der Waals surface area contributed by atoms with Crippen molar-refractivity contribution in [2.75, 3.05) is 5.32 Å². The second-order valence-electron chi connectivity index (χ2n) is 6.73. The first-order valence-corrected chi connectivity index (χ1v) is 10.4. The maximum Gasteiger partial charge on any atom is 0.338 e. The molecule has 8 nitrogen and oxygen atoms in total. The van der Waals surface area contributed by atoms with Crippen LogP contribution in [0.25, 0.3) is 11.3 Å². The van der Waals surface area contributed by atoms with Crippen LogP contribution in [0.4, 0.5) is 5.13 Å². The molecule has 1 unspecified atom stereocenters. The van der Waals surface area contributed by atoms with Crippen LogP contribution in [0.5, 0.6) is 0 Å². The summed E-state index contributed by atoms with van der Waals surface area (Å²) in [6.45, 7) is 2.07. The van der Waals surface area contributed by atoms with Crippen molar-refractivity contribution in [1.82, 2.24) is 19.7 Å². The molecule has 0 bridgehead atoms. The van der Waals surface area contributed by atoms with Gasteiger partial charge in [-0.25, -0.2) is 19.4 Å². The first-order valence-electron chi connectivity index (χ1n) is 9.52. The quantitative estimate of drug-likeness (QED) is 0.447. The molecule has 156 valence electrons. The molecular weight excluding hydrogens is 414 g/mol. The highest BCUT2D eigenvalue weighted by atomic mass is 32.1. The predicted molar refractivity (Wildman–Crippen MR) is 117 cm³/mol. The molecule has 0 saturated carbocycles. The van der Waals surface area contributed by atoms with Crippen molar-refractivity contribution >= 4 is 28.3 Å². The Labute approximate surface area is 182 Å². The Balaban J connectivity index is 1.32. The van der Waals surface area contributed by atoms with Crippen LogP contribution < -0.4 is 5.32 Å². The third-order valence-corrected chi connectivity index (χ3v) is 5.22. The van der Waals surface area contributed by atoms with Gasteiger partial charge >= 0.3 is 5.97 Å². The molecule has 0 fully saturated rings. The number of nitrogens with zero attached hydrogens (tertiary/aromatic N) is 4. The number of amides is 1. The van der Waals surface area contributed by atoms with Crippen LogP contribution in [-0.4, -0.2) is 37.7 Å².